The Kier molecular flexibility index (Phi) is 2.99. The second-order valence-electron chi connectivity index (χ2n) is 4.38. The molecule has 1 aromatic carbocycles. The van der Waals surface area contributed by atoms with E-state index in [4.69, 9.17) is 11.5 Å². The molecule has 86 valence electrons. The number of nitrogens with two attached hydrogens (primary N) is 2. The zero-order valence-corrected chi connectivity index (χ0v) is 9.90. The standard InChI is InChI=1S/C13H19N3/c1-9(2)16-8-11(7-15)12-5-3-4-10(6-14)13(12)16/h3-5,8-9H,6-7,14-15H2,1-2H3. The monoisotopic (exact) mass is 217 g/mol. The van der Waals surface area contributed by atoms with E-state index in [1.54, 1.807) is 0 Å². The van der Waals surface area contributed by atoms with Gasteiger partial charge < -0.3 is 16.0 Å². The van der Waals surface area contributed by atoms with Crippen molar-refractivity contribution in [2.45, 2.75) is 33.0 Å². The molecule has 2 rings (SSSR count). The van der Waals surface area contributed by atoms with E-state index in [1.807, 2.05) is 6.07 Å². The lowest BCUT2D eigenvalue weighted by molar-refractivity contribution is 0.619. The molecule has 0 saturated heterocycles. The molecule has 4 N–H and O–H groups in total. The Morgan fingerprint density at radius 3 is 2.38 bits per heavy atom. The summed E-state index contributed by atoms with van der Waals surface area (Å²) in [6, 6.07) is 6.68. The number of rotatable bonds is 3. The average Bonchev–Trinajstić information content (AvgIpc) is 2.67. The number of aromatic nitrogens is 1. The highest BCUT2D eigenvalue weighted by Crippen LogP contribution is 2.27. The molecule has 16 heavy (non-hydrogen) atoms. The summed E-state index contributed by atoms with van der Waals surface area (Å²) in [5, 5.41) is 1.24. The molecule has 2 aromatic rings. The molecule has 0 fully saturated rings. The van der Waals surface area contributed by atoms with Crippen LogP contribution >= 0.6 is 0 Å². The van der Waals surface area contributed by atoms with Crippen LogP contribution in [0.2, 0.25) is 0 Å². The summed E-state index contributed by atoms with van der Waals surface area (Å²) >= 11 is 0. The molecule has 0 saturated carbocycles. The molecule has 1 aromatic heterocycles. The molecule has 0 aliphatic rings. The highest BCUT2D eigenvalue weighted by molar-refractivity contribution is 5.87. The summed E-state index contributed by atoms with van der Waals surface area (Å²) in [4.78, 5) is 0. The van der Waals surface area contributed by atoms with Crippen molar-refractivity contribution in [3.8, 4) is 0 Å². The lowest BCUT2D eigenvalue weighted by Crippen LogP contribution is -2.03. The van der Waals surface area contributed by atoms with Crippen molar-refractivity contribution < 1.29 is 0 Å². The van der Waals surface area contributed by atoms with Crippen LogP contribution in [0.1, 0.15) is 31.0 Å². The van der Waals surface area contributed by atoms with Crippen LogP contribution in [0.5, 0.6) is 0 Å². The Hall–Kier alpha value is -1.32. The molecule has 0 radical (unpaired) electrons. The number of benzene rings is 1. The highest BCUT2D eigenvalue weighted by atomic mass is 15.0. The number of hydrogen-bond donors (Lipinski definition) is 2. The summed E-state index contributed by atoms with van der Waals surface area (Å²) < 4.78 is 2.26. The van der Waals surface area contributed by atoms with Crippen molar-refractivity contribution >= 4 is 10.9 Å². The van der Waals surface area contributed by atoms with Gasteiger partial charge in [-0.3, -0.25) is 0 Å². The summed E-state index contributed by atoms with van der Waals surface area (Å²) in [5.74, 6) is 0. The van der Waals surface area contributed by atoms with Crippen LogP contribution in [-0.2, 0) is 13.1 Å². The van der Waals surface area contributed by atoms with Gasteiger partial charge in [0, 0.05) is 30.7 Å². The fraction of sp³-hybridized carbons (Fsp3) is 0.385. The van der Waals surface area contributed by atoms with E-state index >= 15 is 0 Å². The largest absolute Gasteiger partial charge is 0.344 e. The van der Waals surface area contributed by atoms with Crippen LogP contribution < -0.4 is 11.5 Å². The molecule has 0 bridgehead atoms. The maximum Gasteiger partial charge on any atom is 0.0531 e. The first kappa shape index (κ1) is 11.2. The third-order valence-corrected chi connectivity index (χ3v) is 3.01. The fourth-order valence-electron chi connectivity index (χ4n) is 2.19. The minimum absolute atomic E-state index is 0.426. The Morgan fingerprint density at radius 2 is 1.81 bits per heavy atom. The number of hydrogen-bond acceptors (Lipinski definition) is 2. The van der Waals surface area contributed by atoms with E-state index < -0.39 is 0 Å². The van der Waals surface area contributed by atoms with Gasteiger partial charge >= 0.3 is 0 Å². The van der Waals surface area contributed by atoms with Crippen LogP contribution in [0, 0.1) is 0 Å². The third kappa shape index (κ3) is 1.62. The normalized spacial score (nSPS) is 11.6. The first-order valence-corrected chi connectivity index (χ1v) is 5.70. The topological polar surface area (TPSA) is 57.0 Å². The van der Waals surface area contributed by atoms with Crippen LogP contribution in [-0.4, -0.2) is 4.57 Å². The SMILES string of the molecule is CC(C)n1cc(CN)c2cccc(CN)c21. The van der Waals surface area contributed by atoms with E-state index in [0.717, 1.165) is 0 Å². The van der Waals surface area contributed by atoms with E-state index in [0.29, 0.717) is 19.1 Å². The van der Waals surface area contributed by atoms with E-state index in [1.165, 1.54) is 22.0 Å². The molecular weight excluding hydrogens is 198 g/mol. The second kappa shape index (κ2) is 4.28. The Labute approximate surface area is 96.0 Å². The Bertz CT molecular complexity index is 497. The fourth-order valence-corrected chi connectivity index (χ4v) is 2.19. The maximum absolute atomic E-state index is 5.79. The van der Waals surface area contributed by atoms with Crippen LogP contribution in [0.15, 0.2) is 24.4 Å². The maximum atomic E-state index is 5.79. The average molecular weight is 217 g/mol. The van der Waals surface area contributed by atoms with Gasteiger partial charge in [0.2, 0.25) is 0 Å². The molecule has 0 atom stereocenters. The quantitative estimate of drug-likeness (QED) is 0.827. The molecule has 0 unspecified atom stereocenters. The van der Waals surface area contributed by atoms with Gasteiger partial charge in [0.1, 0.15) is 0 Å². The molecule has 0 spiro atoms. The summed E-state index contributed by atoms with van der Waals surface area (Å²) in [6.07, 6.45) is 2.15. The van der Waals surface area contributed by atoms with Crippen molar-refractivity contribution in [2.24, 2.45) is 11.5 Å². The molecule has 0 aliphatic carbocycles. The predicted molar refractivity (Wildman–Crippen MR) is 68.1 cm³/mol. The lowest BCUT2D eigenvalue weighted by Gasteiger charge is -2.11. The van der Waals surface area contributed by atoms with Crippen molar-refractivity contribution in [1.82, 2.24) is 4.57 Å². The number of fused-ring (bicyclic) bond motifs is 1. The van der Waals surface area contributed by atoms with Gasteiger partial charge in [-0.1, -0.05) is 18.2 Å². The van der Waals surface area contributed by atoms with Crippen molar-refractivity contribution in [1.29, 1.82) is 0 Å². The van der Waals surface area contributed by atoms with Gasteiger partial charge in [0.15, 0.2) is 0 Å². The second-order valence-corrected chi connectivity index (χ2v) is 4.38. The van der Waals surface area contributed by atoms with E-state index in [2.05, 4.69) is 36.7 Å². The molecule has 3 heteroatoms. The summed E-state index contributed by atoms with van der Waals surface area (Å²) in [6.45, 7) is 5.49. The van der Waals surface area contributed by atoms with Gasteiger partial charge in [-0.25, -0.2) is 0 Å². The Balaban J connectivity index is 2.80. The van der Waals surface area contributed by atoms with Crippen LogP contribution in [0.25, 0.3) is 10.9 Å². The van der Waals surface area contributed by atoms with Crippen molar-refractivity contribution in [3.05, 3.63) is 35.5 Å². The first-order valence-electron chi connectivity index (χ1n) is 5.70. The summed E-state index contributed by atoms with van der Waals surface area (Å²) in [7, 11) is 0. The summed E-state index contributed by atoms with van der Waals surface area (Å²) in [5.41, 5.74) is 15.2. The van der Waals surface area contributed by atoms with E-state index in [9.17, 15) is 0 Å². The van der Waals surface area contributed by atoms with Crippen molar-refractivity contribution in [2.75, 3.05) is 0 Å². The molecule has 3 nitrogen and oxygen atoms in total. The van der Waals surface area contributed by atoms with Crippen LogP contribution in [0.3, 0.4) is 0 Å². The minimum Gasteiger partial charge on any atom is -0.344 e. The minimum atomic E-state index is 0.426. The van der Waals surface area contributed by atoms with Gasteiger partial charge in [0.25, 0.3) is 0 Å². The molecule has 1 heterocycles. The Morgan fingerprint density at radius 1 is 1.12 bits per heavy atom. The zero-order valence-electron chi connectivity index (χ0n) is 9.90. The lowest BCUT2D eigenvalue weighted by atomic mass is 10.1. The van der Waals surface area contributed by atoms with Gasteiger partial charge in [-0.05, 0) is 25.0 Å². The van der Waals surface area contributed by atoms with E-state index in [-0.39, 0.29) is 0 Å². The number of para-hydroxylation sites is 1. The molecule has 0 aliphatic heterocycles. The smallest absolute Gasteiger partial charge is 0.0531 e. The van der Waals surface area contributed by atoms with Gasteiger partial charge in [-0.15, -0.1) is 0 Å². The highest BCUT2D eigenvalue weighted by Gasteiger charge is 2.12. The van der Waals surface area contributed by atoms with Gasteiger partial charge in [0.05, 0.1) is 5.52 Å². The molecular formula is C13H19N3. The third-order valence-electron chi connectivity index (χ3n) is 3.01. The first-order chi connectivity index (χ1) is 7.69. The predicted octanol–water partition coefficient (Wildman–Crippen LogP) is 2.14. The van der Waals surface area contributed by atoms with Gasteiger partial charge in [-0.2, -0.15) is 0 Å². The van der Waals surface area contributed by atoms with Crippen molar-refractivity contribution in [3.63, 3.8) is 0 Å². The van der Waals surface area contributed by atoms with Crippen LogP contribution in [0.4, 0.5) is 0 Å². The number of nitrogens with zero attached hydrogens (tertiary/aromatic N) is 1. The zero-order chi connectivity index (χ0) is 11.7. The molecule has 0 amide bonds.